The third kappa shape index (κ3) is 8.32. The van der Waals surface area contributed by atoms with E-state index >= 15 is 0 Å². The van der Waals surface area contributed by atoms with Crippen LogP contribution in [-0.4, -0.2) is 56.6 Å². The summed E-state index contributed by atoms with van der Waals surface area (Å²) >= 11 is 12.3. The minimum absolute atomic E-state index is 0.0249. The lowest BCUT2D eigenvalue weighted by Gasteiger charge is -2.34. The molecule has 0 aromatic heterocycles. The van der Waals surface area contributed by atoms with E-state index in [2.05, 4.69) is 10.6 Å². The Bertz CT molecular complexity index is 1360. The van der Waals surface area contributed by atoms with Crippen molar-refractivity contribution in [3.8, 4) is 0 Å². The minimum atomic E-state index is -4.80. The van der Waals surface area contributed by atoms with Gasteiger partial charge in [-0.25, -0.2) is 8.42 Å². The summed E-state index contributed by atoms with van der Waals surface area (Å²) in [5.41, 5.74) is 4.07. The van der Waals surface area contributed by atoms with Crippen molar-refractivity contribution >= 4 is 44.9 Å². The molecule has 1 aliphatic rings. The minimum Gasteiger partial charge on any atom is -0.352 e. The van der Waals surface area contributed by atoms with Crippen LogP contribution in [0.5, 0.6) is 0 Å². The van der Waals surface area contributed by atoms with Gasteiger partial charge in [-0.15, -0.1) is 0 Å². The molecule has 2 aromatic rings. The predicted octanol–water partition coefficient (Wildman–Crippen LogP) is 4.17. The van der Waals surface area contributed by atoms with E-state index in [4.69, 9.17) is 28.9 Å². The summed E-state index contributed by atoms with van der Waals surface area (Å²) in [6.07, 6.45) is -3.27. The number of hydrogen-bond donors (Lipinski definition) is 3. The molecule has 1 heterocycles. The average Bonchev–Trinajstić information content (AvgIpc) is 2.87. The fraction of sp³-hybridized carbons (Fsp3) is 0.462. The van der Waals surface area contributed by atoms with Crippen LogP contribution in [0.4, 0.5) is 13.2 Å². The summed E-state index contributed by atoms with van der Waals surface area (Å²) in [6.45, 7) is 2.12. The number of alkyl halides is 3. The highest BCUT2D eigenvalue weighted by Gasteiger charge is 2.36. The van der Waals surface area contributed by atoms with Gasteiger partial charge >= 0.3 is 6.18 Å². The molecule has 220 valence electrons. The van der Waals surface area contributed by atoms with Crippen molar-refractivity contribution in [2.24, 2.45) is 5.73 Å². The van der Waals surface area contributed by atoms with Crippen LogP contribution in [0.2, 0.25) is 10.0 Å². The number of hydrogen-bond acceptors (Lipinski definition) is 6. The van der Waals surface area contributed by atoms with Crippen molar-refractivity contribution in [3.63, 3.8) is 0 Å². The highest BCUT2D eigenvalue weighted by molar-refractivity contribution is 7.91. The number of nitrogens with one attached hydrogen (secondary N) is 2. The van der Waals surface area contributed by atoms with Crippen molar-refractivity contribution in [3.05, 3.63) is 62.6 Å². The smallest absolute Gasteiger partial charge is 0.352 e. The summed E-state index contributed by atoms with van der Waals surface area (Å²) < 4.78 is 67.2. The Hall–Kier alpha value is -2.38. The zero-order valence-corrected chi connectivity index (χ0v) is 24.1. The second kappa shape index (κ2) is 13.5. The van der Waals surface area contributed by atoms with Gasteiger partial charge in [0, 0.05) is 54.3 Å². The molecule has 1 aliphatic heterocycles. The largest absolute Gasteiger partial charge is 0.416 e. The van der Waals surface area contributed by atoms with Gasteiger partial charge in [-0.2, -0.15) is 13.2 Å². The number of carbonyl (C=O) groups excluding carboxylic acids is 2. The van der Waals surface area contributed by atoms with Gasteiger partial charge in [0.15, 0.2) is 9.84 Å². The van der Waals surface area contributed by atoms with Crippen LogP contribution in [0.25, 0.3) is 0 Å². The van der Waals surface area contributed by atoms with Gasteiger partial charge in [0.05, 0.1) is 16.2 Å². The molecule has 0 radical (unpaired) electrons. The molecule has 1 unspecified atom stereocenters. The number of nitrogens with zero attached hydrogens (tertiary/aromatic N) is 1. The lowest BCUT2D eigenvalue weighted by Crippen LogP contribution is -2.47. The molecular formula is C26H31Cl2F3N4O4S. The highest BCUT2D eigenvalue weighted by Crippen LogP contribution is 2.37. The van der Waals surface area contributed by atoms with Crippen LogP contribution in [0.15, 0.2) is 35.2 Å². The number of halogens is 5. The Morgan fingerprint density at radius 1 is 1.18 bits per heavy atom. The maximum absolute atomic E-state index is 14.1. The number of likely N-dealkylation sites (tertiary alicyclic amines) is 1. The van der Waals surface area contributed by atoms with Gasteiger partial charge in [-0.3, -0.25) is 14.5 Å². The highest BCUT2D eigenvalue weighted by atomic mass is 35.5. The first kappa shape index (κ1) is 32.1. The molecule has 2 aromatic carbocycles. The fourth-order valence-electron chi connectivity index (χ4n) is 4.58. The zero-order chi connectivity index (χ0) is 29.7. The van der Waals surface area contributed by atoms with E-state index in [1.54, 1.807) is 4.90 Å². The molecule has 0 spiro atoms. The van der Waals surface area contributed by atoms with Gasteiger partial charge in [0.2, 0.25) is 5.91 Å². The second-order valence-electron chi connectivity index (χ2n) is 9.50. The molecule has 1 fully saturated rings. The van der Waals surface area contributed by atoms with Crippen molar-refractivity contribution in [1.82, 2.24) is 15.5 Å². The fourth-order valence-corrected chi connectivity index (χ4v) is 6.17. The van der Waals surface area contributed by atoms with E-state index in [0.29, 0.717) is 25.9 Å². The molecule has 14 heteroatoms. The third-order valence-corrected chi connectivity index (χ3v) is 8.96. The molecule has 1 atom stereocenters. The Balaban J connectivity index is 1.82. The lowest BCUT2D eigenvalue weighted by atomic mass is 9.99. The van der Waals surface area contributed by atoms with E-state index in [9.17, 15) is 31.2 Å². The van der Waals surface area contributed by atoms with E-state index in [-0.39, 0.29) is 75.4 Å². The number of amides is 2. The van der Waals surface area contributed by atoms with Gasteiger partial charge < -0.3 is 16.4 Å². The van der Waals surface area contributed by atoms with Crippen LogP contribution in [-0.2, 0) is 33.9 Å². The number of carbonyl (C=O) groups is 2. The van der Waals surface area contributed by atoms with Gasteiger partial charge in [0.25, 0.3) is 5.91 Å². The first-order valence-electron chi connectivity index (χ1n) is 12.7. The Kier molecular flexibility index (Phi) is 10.9. The van der Waals surface area contributed by atoms with Crippen molar-refractivity contribution in [2.45, 2.75) is 56.4 Å². The number of sulfone groups is 1. The normalized spacial score (nSPS) is 16.5. The SMILES string of the molecule is CCS(=O)(=O)c1ccc(Cl)cc1CNC(=O)c1cc(Cl)c(CN2CCCC(NC(=O)CCN)C2)c(C(F)(F)F)c1. The van der Waals surface area contributed by atoms with Gasteiger partial charge in [-0.05, 0) is 60.8 Å². The molecule has 8 nitrogen and oxygen atoms in total. The third-order valence-electron chi connectivity index (χ3n) is 6.56. The monoisotopic (exact) mass is 622 g/mol. The Labute approximate surface area is 241 Å². The van der Waals surface area contributed by atoms with Crippen LogP contribution >= 0.6 is 23.2 Å². The van der Waals surface area contributed by atoms with Crippen molar-refractivity contribution in [2.75, 3.05) is 25.4 Å². The second-order valence-corrected chi connectivity index (χ2v) is 12.6. The van der Waals surface area contributed by atoms with Crippen molar-refractivity contribution in [1.29, 1.82) is 0 Å². The summed E-state index contributed by atoms with van der Waals surface area (Å²) in [5.74, 6) is -1.25. The van der Waals surface area contributed by atoms with E-state index in [1.807, 2.05) is 0 Å². The molecule has 0 saturated carbocycles. The first-order chi connectivity index (χ1) is 18.7. The van der Waals surface area contributed by atoms with E-state index in [0.717, 1.165) is 12.1 Å². The molecule has 1 saturated heterocycles. The van der Waals surface area contributed by atoms with E-state index in [1.165, 1.54) is 25.1 Å². The molecule has 0 bridgehead atoms. The van der Waals surface area contributed by atoms with Crippen molar-refractivity contribution < 1.29 is 31.2 Å². The maximum Gasteiger partial charge on any atom is 0.416 e. The number of benzene rings is 2. The summed E-state index contributed by atoms with van der Waals surface area (Å²) in [5, 5.41) is 5.34. The quantitative estimate of drug-likeness (QED) is 0.366. The molecule has 2 amide bonds. The molecule has 40 heavy (non-hydrogen) atoms. The number of rotatable bonds is 10. The summed E-state index contributed by atoms with van der Waals surface area (Å²) in [7, 11) is -3.64. The Morgan fingerprint density at radius 3 is 2.55 bits per heavy atom. The predicted molar refractivity (Wildman–Crippen MR) is 147 cm³/mol. The standard InChI is InChI=1S/C26H31Cl2F3N4O4S/c1-2-40(38,39)23-6-5-18(27)10-17(23)13-33-25(37)16-11-21(26(29,30)31)20(22(28)12-16)15-35-9-3-4-19(14-35)34-24(36)7-8-32/h5-6,10-12,19H,2-4,7-9,13-15,32H2,1H3,(H,33,37)(H,34,36). The lowest BCUT2D eigenvalue weighted by molar-refractivity contribution is -0.138. The maximum atomic E-state index is 14.1. The van der Waals surface area contributed by atoms with Crippen LogP contribution in [0.3, 0.4) is 0 Å². The number of nitrogens with two attached hydrogens (primary N) is 1. The van der Waals surface area contributed by atoms with Crippen LogP contribution in [0.1, 0.15) is 53.2 Å². The van der Waals surface area contributed by atoms with Crippen LogP contribution < -0.4 is 16.4 Å². The van der Waals surface area contributed by atoms with Gasteiger partial charge in [-0.1, -0.05) is 30.1 Å². The summed E-state index contributed by atoms with van der Waals surface area (Å²) in [6, 6.07) is 5.79. The van der Waals surface area contributed by atoms with E-state index < -0.39 is 27.5 Å². The first-order valence-corrected chi connectivity index (χ1v) is 15.1. The van der Waals surface area contributed by atoms with Gasteiger partial charge in [0.1, 0.15) is 0 Å². The summed E-state index contributed by atoms with van der Waals surface area (Å²) in [4.78, 5) is 26.5. The molecule has 4 N–H and O–H groups in total. The average molecular weight is 624 g/mol. The Morgan fingerprint density at radius 2 is 1.90 bits per heavy atom. The van der Waals surface area contributed by atoms with Crippen LogP contribution in [0, 0.1) is 0 Å². The number of piperidine rings is 1. The zero-order valence-electron chi connectivity index (χ0n) is 21.8. The molecular weight excluding hydrogens is 592 g/mol. The molecule has 0 aliphatic carbocycles. The topological polar surface area (TPSA) is 122 Å². The molecule has 3 rings (SSSR count).